The maximum Gasteiger partial charge on any atom is 0.300 e. The second kappa shape index (κ2) is 17.0. The number of carboxylic acids is 1. The quantitative estimate of drug-likeness (QED) is 0.192. The average molecular weight is 649 g/mol. The Hall–Kier alpha value is -3.20. The fourth-order valence-corrected chi connectivity index (χ4v) is 5.37. The van der Waals surface area contributed by atoms with Gasteiger partial charge in [-0.1, -0.05) is 11.6 Å². The van der Waals surface area contributed by atoms with Crippen LogP contribution in [0.2, 0.25) is 0 Å². The number of methoxy groups -OCH3 is 1. The molecule has 11 nitrogen and oxygen atoms in total. The lowest BCUT2D eigenvalue weighted by atomic mass is 10.1. The van der Waals surface area contributed by atoms with Crippen LogP contribution in [0, 0.1) is 0 Å². The van der Waals surface area contributed by atoms with Crippen molar-refractivity contribution in [1.29, 1.82) is 0 Å². The number of ketones is 1. The molecular formula is C27H34ClFN2O9S2. The van der Waals surface area contributed by atoms with Gasteiger partial charge in [0.2, 0.25) is 5.91 Å². The van der Waals surface area contributed by atoms with E-state index in [0.29, 0.717) is 29.0 Å². The highest BCUT2D eigenvalue weighted by Gasteiger charge is 2.23. The molecule has 0 fully saturated rings. The van der Waals surface area contributed by atoms with E-state index in [2.05, 4.69) is 10.6 Å². The van der Waals surface area contributed by atoms with Crippen molar-refractivity contribution in [2.75, 3.05) is 18.6 Å². The minimum absolute atomic E-state index is 0.0167. The summed E-state index contributed by atoms with van der Waals surface area (Å²) < 4.78 is 51.3. The van der Waals surface area contributed by atoms with Crippen molar-refractivity contribution >= 4 is 57.0 Å². The highest BCUT2D eigenvalue weighted by molar-refractivity contribution is 8.00. The van der Waals surface area contributed by atoms with Crippen LogP contribution in [0.3, 0.4) is 0 Å². The highest BCUT2D eigenvalue weighted by atomic mass is 35.5. The van der Waals surface area contributed by atoms with Crippen molar-refractivity contribution in [2.24, 2.45) is 0 Å². The van der Waals surface area contributed by atoms with Crippen molar-refractivity contribution in [3.63, 3.8) is 0 Å². The predicted octanol–water partition coefficient (Wildman–Crippen LogP) is 3.93. The molecule has 0 heterocycles. The Kier molecular flexibility index (Phi) is 14.9. The number of ether oxygens (including phenoxy) is 1. The minimum Gasteiger partial charge on any atom is -0.496 e. The van der Waals surface area contributed by atoms with E-state index in [4.69, 9.17) is 26.2 Å². The fraction of sp³-hybridized carbons (Fsp3) is 0.407. The summed E-state index contributed by atoms with van der Waals surface area (Å²) in [4.78, 5) is 46.7. The van der Waals surface area contributed by atoms with E-state index in [0.717, 1.165) is 19.1 Å². The number of amides is 2. The van der Waals surface area contributed by atoms with Gasteiger partial charge in [0, 0.05) is 28.8 Å². The summed E-state index contributed by atoms with van der Waals surface area (Å²) in [5.74, 6) is -2.39. The first-order chi connectivity index (χ1) is 19.5. The molecule has 15 heteroatoms. The van der Waals surface area contributed by atoms with E-state index < -0.39 is 38.8 Å². The van der Waals surface area contributed by atoms with Gasteiger partial charge in [-0.3, -0.25) is 23.7 Å². The maximum atomic E-state index is 14.0. The smallest absolute Gasteiger partial charge is 0.300 e. The molecule has 2 amide bonds. The summed E-state index contributed by atoms with van der Waals surface area (Å²) in [5, 5.41) is 12.9. The topological polar surface area (TPSA) is 176 Å². The molecule has 1 atom stereocenters. The van der Waals surface area contributed by atoms with E-state index >= 15 is 0 Å². The van der Waals surface area contributed by atoms with Gasteiger partial charge in [-0.05, 0) is 63.5 Å². The third-order valence-corrected chi connectivity index (χ3v) is 7.76. The number of Topliss-reactive ketones (excluding diaryl/α,β-unsaturated/α-hetero) is 1. The van der Waals surface area contributed by atoms with Gasteiger partial charge in [0.25, 0.3) is 22.0 Å². The third kappa shape index (κ3) is 12.3. The molecule has 1 aliphatic carbocycles. The Morgan fingerprint density at radius 2 is 1.81 bits per heavy atom. The van der Waals surface area contributed by atoms with E-state index in [1.807, 2.05) is 0 Å². The van der Waals surface area contributed by atoms with E-state index in [-0.39, 0.29) is 46.5 Å². The first-order valence-electron chi connectivity index (χ1n) is 12.4. The largest absolute Gasteiger partial charge is 0.496 e. The van der Waals surface area contributed by atoms with Gasteiger partial charge in [0.1, 0.15) is 17.3 Å². The normalized spacial score (nSPS) is 13.6. The number of thioether (sulfide) groups is 1. The predicted molar refractivity (Wildman–Crippen MR) is 158 cm³/mol. The fourth-order valence-electron chi connectivity index (χ4n) is 3.42. The molecule has 0 spiro atoms. The Bertz CT molecular complexity index is 1400. The molecule has 1 aromatic carbocycles. The summed E-state index contributed by atoms with van der Waals surface area (Å²) in [5.41, 5.74) is 0.942. The number of benzene rings is 1. The number of aliphatic carboxylic acids is 1. The first kappa shape index (κ1) is 36.8. The number of rotatable bonds is 12. The van der Waals surface area contributed by atoms with Crippen molar-refractivity contribution in [3.8, 4) is 5.75 Å². The van der Waals surface area contributed by atoms with Gasteiger partial charge >= 0.3 is 0 Å². The summed E-state index contributed by atoms with van der Waals surface area (Å²) in [7, 11) is -3.16. The van der Waals surface area contributed by atoms with E-state index in [1.54, 1.807) is 13.8 Å². The van der Waals surface area contributed by atoms with Gasteiger partial charge < -0.3 is 20.5 Å². The van der Waals surface area contributed by atoms with Crippen LogP contribution in [-0.4, -0.2) is 66.3 Å². The Labute approximate surface area is 253 Å². The van der Waals surface area contributed by atoms with Crippen LogP contribution >= 0.6 is 23.4 Å². The van der Waals surface area contributed by atoms with Crippen LogP contribution in [-0.2, 0) is 35.7 Å². The number of carboxylic acid groups (broad SMARTS) is 1. The highest BCUT2D eigenvalue weighted by Crippen LogP contribution is 2.31. The van der Waals surface area contributed by atoms with Gasteiger partial charge in [0.15, 0.2) is 5.78 Å². The zero-order valence-corrected chi connectivity index (χ0v) is 26.1. The molecule has 4 N–H and O–H groups in total. The molecule has 0 unspecified atom stereocenters. The van der Waals surface area contributed by atoms with Gasteiger partial charge in [0.05, 0.1) is 30.2 Å². The minimum atomic E-state index is -4.50. The Balaban J connectivity index is 0.00000206. The Morgan fingerprint density at radius 1 is 1.19 bits per heavy atom. The lowest BCUT2D eigenvalue weighted by Crippen LogP contribution is -2.44. The standard InChI is InChI=1S/C25H30ClFN2O7S2.C2H4O2/c1-14(2)24(29-23(31)11-16-10-17(38(33,34)35)8-9-22(16)36-4)25(32)28-15(3)21(30)13-37-12-18-19(26)6-5-7-20(18)27;1-2(3)4/h7-10,15H,5-6,11-13H2,1-4H3,(H,28,32)(H,29,31)(H,33,34,35);1H3,(H,3,4)/t15-;/m0./s1. The van der Waals surface area contributed by atoms with E-state index in [9.17, 15) is 31.7 Å². The zero-order valence-electron chi connectivity index (χ0n) is 23.7. The number of allylic oxidation sites excluding steroid dienone is 4. The summed E-state index contributed by atoms with van der Waals surface area (Å²) in [6.45, 7) is 5.78. The molecule has 2 rings (SSSR count). The molecule has 0 aliphatic heterocycles. The third-order valence-electron chi connectivity index (χ3n) is 5.52. The van der Waals surface area contributed by atoms with Crippen LogP contribution in [0.1, 0.15) is 46.1 Å². The molecular weight excluding hydrogens is 615 g/mol. The first-order valence-corrected chi connectivity index (χ1v) is 15.4. The number of halogens is 2. The monoisotopic (exact) mass is 648 g/mol. The molecule has 0 saturated carbocycles. The van der Waals surface area contributed by atoms with Gasteiger partial charge in [-0.2, -0.15) is 8.42 Å². The zero-order chi connectivity index (χ0) is 32.2. The average Bonchev–Trinajstić information content (AvgIpc) is 2.87. The van der Waals surface area contributed by atoms with Crippen molar-refractivity contribution < 1.29 is 46.4 Å². The van der Waals surface area contributed by atoms with Crippen LogP contribution < -0.4 is 15.4 Å². The van der Waals surface area contributed by atoms with Crippen molar-refractivity contribution in [3.05, 3.63) is 57.5 Å². The van der Waals surface area contributed by atoms with Crippen molar-refractivity contribution in [2.45, 2.75) is 57.9 Å². The summed E-state index contributed by atoms with van der Waals surface area (Å²) in [6, 6.07) is 2.65. The van der Waals surface area contributed by atoms with E-state index in [1.165, 1.54) is 37.9 Å². The number of carbonyl (C=O) groups excluding carboxylic acids is 3. The lowest BCUT2D eigenvalue weighted by Gasteiger charge is -2.17. The Morgan fingerprint density at radius 3 is 2.33 bits per heavy atom. The SMILES string of the molecule is CC(=O)O.COc1ccc(S(=O)(=O)O)cc1CC(=O)NC(C(=O)N[C@@H](C)C(=O)CSCC1=C(Cl)CCC=C1F)=C(C)C. The molecule has 232 valence electrons. The number of hydrogen-bond donors (Lipinski definition) is 4. The molecule has 1 aromatic rings. The molecule has 0 saturated heterocycles. The number of hydrogen-bond acceptors (Lipinski definition) is 8. The lowest BCUT2D eigenvalue weighted by molar-refractivity contribution is -0.134. The summed E-state index contributed by atoms with van der Waals surface area (Å²) in [6.07, 6.45) is 2.20. The molecule has 0 aromatic heterocycles. The van der Waals surface area contributed by atoms with Crippen LogP contribution in [0.5, 0.6) is 5.75 Å². The van der Waals surface area contributed by atoms with Crippen LogP contribution in [0.25, 0.3) is 0 Å². The molecule has 0 bridgehead atoms. The van der Waals surface area contributed by atoms with Gasteiger partial charge in [-0.25, -0.2) is 4.39 Å². The molecule has 0 radical (unpaired) electrons. The number of carbonyl (C=O) groups is 4. The second-order valence-electron chi connectivity index (χ2n) is 9.20. The summed E-state index contributed by atoms with van der Waals surface area (Å²) >= 11 is 7.27. The van der Waals surface area contributed by atoms with Gasteiger partial charge in [-0.15, -0.1) is 11.8 Å². The molecule has 1 aliphatic rings. The van der Waals surface area contributed by atoms with Crippen LogP contribution in [0.15, 0.2) is 56.9 Å². The molecule has 42 heavy (non-hydrogen) atoms. The maximum absolute atomic E-state index is 14.0. The van der Waals surface area contributed by atoms with Crippen molar-refractivity contribution in [1.82, 2.24) is 10.6 Å². The number of nitrogens with one attached hydrogen (secondary N) is 2. The second-order valence-corrected chi connectivity index (χ2v) is 12.1. The van der Waals surface area contributed by atoms with Crippen LogP contribution in [0.4, 0.5) is 4.39 Å².